The zero-order chi connectivity index (χ0) is 21.3. The number of carbonyl (C=O) groups excluding carboxylic acids is 1. The van der Waals surface area contributed by atoms with Crippen LogP contribution >= 0.6 is 11.6 Å². The zero-order valence-corrected chi connectivity index (χ0v) is 17.0. The van der Waals surface area contributed by atoms with Gasteiger partial charge in [0.1, 0.15) is 12.4 Å². The summed E-state index contributed by atoms with van der Waals surface area (Å²) in [5.74, 6) is 0.498. The van der Waals surface area contributed by atoms with Crippen molar-refractivity contribution in [3.8, 4) is 23.1 Å². The molecule has 0 radical (unpaired) electrons. The third-order valence-electron chi connectivity index (χ3n) is 4.75. The molecule has 154 valence electrons. The van der Waals surface area contributed by atoms with Crippen LogP contribution in [-0.4, -0.2) is 20.7 Å². The Morgan fingerprint density at radius 2 is 2.00 bits per heavy atom. The maximum absolute atomic E-state index is 13.1. The molecule has 0 fully saturated rings. The van der Waals surface area contributed by atoms with Gasteiger partial charge in [-0.3, -0.25) is 4.79 Å². The number of benzene rings is 1. The van der Waals surface area contributed by atoms with Crippen LogP contribution in [0.25, 0.3) is 23.1 Å². The molecule has 0 aliphatic carbocycles. The second-order valence-corrected chi connectivity index (χ2v) is 7.18. The normalized spacial score (nSPS) is 11.1. The van der Waals surface area contributed by atoms with E-state index in [0.29, 0.717) is 17.2 Å². The Hall–Kier alpha value is -3.39. The molecule has 1 amide bonds. The Morgan fingerprint density at radius 1 is 1.20 bits per heavy atom. The van der Waals surface area contributed by atoms with Crippen molar-refractivity contribution in [2.75, 3.05) is 0 Å². The molecule has 0 saturated heterocycles. The molecular weight excluding hydrogens is 411 g/mol. The van der Waals surface area contributed by atoms with Crippen LogP contribution in [0.15, 0.2) is 51.5 Å². The van der Waals surface area contributed by atoms with Crippen molar-refractivity contribution in [3.63, 3.8) is 0 Å². The van der Waals surface area contributed by atoms with E-state index >= 15 is 0 Å². The topological polar surface area (TPSA) is 86.1 Å². The summed E-state index contributed by atoms with van der Waals surface area (Å²) in [6.45, 7) is 4.09. The summed E-state index contributed by atoms with van der Waals surface area (Å²) in [5, 5.41) is 11.2. The van der Waals surface area contributed by atoms with Gasteiger partial charge in [0.05, 0.1) is 11.8 Å². The van der Waals surface area contributed by atoms with Gasteiger partial charge >= 0.3 is 0 Å². The summed E-state index contributed by atoms with van der Waals surface area (Å²) >= 11 is 6.01. The summed E-state index contributed by atoms with van der Waals surface area (Å²) < 4.78 is 26.0. The van der Waals surface area contributed by atoms with Gasteiger partial charge in [-0.2, -0.15) is 0 Å². The predicted octanol–water partition coefficient (Wildman–Crippen LogP) is 4.52. The molecule has 3 aromatic heterocycles. The van der Waals surface area contributed by atoms with Crippen LogP contribution < -0.4 is 5.32 Å². The van der Waals surface area contributed by atoms with Crippen molar-refractivity contribution in [2.45, 2.75) is 26.9 Å². The second kappa shape index (κ2) is 8.16. The lowest BCUT2D eigenvalue weighted by Gasteiger charge is -2.11. The first-order chi connectivity index (χ1) is 14.4. The van der Waals surface area contributed by atoms with Crippen LogP contribution in [0.4, 0.5) is 4.39 Å². The number of hydrogen-bond acceptors (Lipinski definition) is 5. The second-order valence-electron chi connectivity index (χ2n) is 6.77. The molecule has 4 aromatic rings. The van der Waals surface area contributed by atoms with E-state index in [-0.39, 0.29) is 29.9 Å². The largest absolute Gasteiger partial charge is 0.459 e. The van der Waals surface area contributed by atoms with Crippen LogP contribution in [0.5, 0.6) is 0 Å². The molecule has 3 heterocycles. The lowest BCUT2D eigenvalue weighted by molar-refractivity contribution is -0.121. The van der Waals surface area contributed by atoms with Crippen molar-refractivity contribution in [3.05, 3.63) is 70.5 Å². The highest BCUT2D eigenvalue weighted by Crippen LogP contribution is 2.28. The third kappa shape index (κ3) is 3.99. The SMILES string of the molecule is Cc1cc(-c2nnc(-c3ccco3)o2)c(C)n1CC(=O)NCc1ccc(F)cc1Cl. The van der Waals surface area contributed by atoms with Gasteiger partial charge in [-0.25, -0.2) is 4.39 Å². The molecule has 0 aliphatic rings. The number of carbonyl (C=O) groups is 1. The van der Waals surface area contributed by atoms with E-state index in [9.17, 15) is 9.18 Å². The number of halogens is 2. The highest BCUT2D eigenvalue weighted by Gasteiger charge is 2.19. The number of amides is 1. The maximum atomic E-state index is 13.1. The van der Waals surface area contributed by atoms with Gasteiger partial charge in [-0.1, -0.05) is 17.7 Å². The Labute approximate surface area is 176 Å². The van der Waals surface area contributed by atoms with E-state index in [0.717, 1.165) is 17.0 Å². The van der Waals surface area contributed by atoms with E-state index in [2.05, 4.69) is 15.5 Å². The lowest BCUT2D eigenvalue weighted by atomic mass is 10.2. The quantitative estimate of drug-likeness (QED) is 0.487. The highest BCUT2D eigenvalue weighted by molar-refractivity contribution is 6.31. The smallest absolute Gasteiger partial charge is 0.283 e. The predicted molar refractivity (Wildman–Crippen MR) is 108 cm³/mol. The van der Waals surface area contributed by atoms with Crippen LogP contribution in [-0.2, 0) is 17.9 Å². The summed E-state index contributed by atoms with van der Waals surface area (Å²) in [6.07, 6.45) is 1.53. The van der Waals surface area contributed by atoms with E-state index in [4.69, 9.17) is 20.4 Å². The number of aromatic nitrogens is 3. The summed E-state index contributed by atoms with van der Waals surface area (Å²) in [4.78, 5) is 12.5. The van der Waals surface area contributed by atoms with E-state index in [1.54, 1.807) is 18.2 Å². The van der Waals surface area contributed by atoms with Gasteiger partial charge in [0.25, 0.3) is 5.89 Å². The fourth-order valence-electron chi connectivity index (χ4n) is 3.15. The molecular formula is C21H18ClFN4O3. The number of nitrogens with one attached hydrogen (secondary N) is 1. The monoisotopic (exact) mass is 428 g/mol. The molecule has 0 unspecified atom stereocenters. The zero-order valence-electron chi connectivity index (χ0n) is 16.3. The average Bonchev–Trinajstić information content (AvgIpc) is 3.44. The molecule has 9 heteroatoms. The molecule has 0 atom stereocenters. The average molecular weight is 429 g/mol. The van der Waals surface area contributed by atoms with Gasteiger partial charge < -0.3 is 18.7 Å². The van der Waals surface area contributed by atoms with Crippen LogP contribution in [0, 0.1) is 19.7 Å². The van der Waals surface area contributed by atoms with Gasteiger partial charge in [0, 0.05) is 23.0 Å². The van der Waals surface area contributed by atoms with E-state index < -0.39 is 5.82 Å². The molecule has 0 saturated carbocycles. The number of hydrogen-bond donors (Lipinski definition) is 1. The molecule has 0 bridgehead atoms. The summed E-state index contributed by atoms with van der Waals surface area (Å²) in [5.41, 5.74) is 3.07. The molecule has 0 spiro atoms. The lowest BCUT2D eigenvalue weighted by Crippen LogP contribution is -2.28. The number of nitrogens with zero attached hydrogens (tertiary/aromatic N) is 3. The molecule has 30 heavy (non-hydrogen) atoms. The fourth-order valence-corrected chi connectivity index (χ4v) is 3.39. The fraction of sp³-hybridized carbons (Fsp3) is 0.190. The molecule has 1 aromatic carbocycles. The first kappa shape index (κ1) is 19.9. The van der Waals surface area contributed by atoms with E-state index in [1.165, 1.54) is 18.4 Å². The van der Waals surface area contributed by atoms with Crippen molar-refractivity contribution in [1.29, 1.82) is 0 Å². The van der Waals surface area contributed by atoms with Gasteiger partial charge in [-0.05, 0) is 49.7 Å². The van der Waals surface area contributed by atoms with Gasteiger partial charge in [0.2, 0.25) is 11.8 Å². The summed E-state index contributed by atoms with van der Waals surface area (Å²) in [6, 6.07) is 9.44. The number of rotatable bonds is 6. The first-order valence-corrected chi connectivity index (χ1v) is 9.55. The number of aryl methyl sites for hydroxylation is 1. The molecule has 1 N–H and O–H groups in total. The Kier molecular flexibility index (Phi) is 5.41. The Balaban J connectivity index is 1.47. The van der Waals surface area contributed by atoms with Crippen molar-refractivity contribution < 1.29 is 18.0 Å². The van der Waals surface area contributed by atoms with Crippen LogP contribution in [0.1, 0.15) is 17.0 Å². The minimum Gasteiger partial charge on any atom is -0.459 e. The summed E-state index contributed by atoms with van der Waals surface area (Å²) in [7, 11) is 0. The van der Waals surface area contributed by atoms with Crippen molar-refractivity contribution >= 4 is 17.5 Å². The first-order valence-electron chi connectivity index (χ1n) is 9.17. The molecule has 7 nitrogen and oxygen atoms in total. The minimum absolute atomic E-state index is 0.107. The standard InChI is InChI=1S/C21H18ClFN4O3/c1-12-8-16(20-25-26-21(30-20)18-4-3-7-29-18)13(2)27(12)11-19(28)24-10-14-5-6-15(23)9-17(14)22/h3-9H,10-11H2,1-2H3,(H,24,28). The Morgan fingerprint density at radius 3 is 2.73 bits per heavy atom. The van der Waals surface area contributed by atoms with Crippen LogP contribution in [0.2, 0.25) is 5.02 Å². The van der Waals surface area contributed by atoms with Crippen molar-refractivity contribution in [1.82, 2.24) is 20.1 Å². The van der Waals surface area contributed by atoms with Gasteiger partial charge in [0.15, 0.2) is 5.76 Å². The molecule has 4 rings (SSSR count). The molecule has 0 aliphatic heterocycles. The van der Waals surface area contributed by atoms with Crippen LogP contribution in [0.3, 0.4) is 0 Å². The van der Waals surface area contributed by atoms with Crippen molar-refractivity contribution in [2.24, 2.45) is 0 Å². The Bertz CT molecular complexity index is 1200. The minimum atomic E-state index is -0.419. The van der Waals surface area contributed by atoms with E-state index in [1.807, 2.05) is 24.5 Å². The van der Waals surface area contributed by atoms with Gasteiger partial charge in [-0.15, -0.1) is 10.2 Å². The highest BCUT2D eigenvalue weighted by atomic mass is 35.5. The number of furan rings is 1. The third-order valence-corrected chi connectivity index (χ3v) is 5.11. The maximum Gasteiger partial charge on any atom is 0.283 e.